The molecule has 71 heavy (non-hydrogen) atoms. The minimum atomic E-state index is -3.17. The Morgan fingerprint density at radius 3 is 1.61 bits per heavy atom. The second kappa shape index (κ2) is 24.5. The summed E-state index contributed by atoms with van der Waals surface area (Å²) in [6.07, 6.45) is -7.89. The van der Waals surface area contributed by atoms with Gasteiger partial charge in [-0.25, -0.2) is 0 Å². The predicted octanol–water partition coefficient (Wildman–Crippen LogP) is 7.73. The van der Waals surface area contributed by atoms with Gasteiger partial charge >= 0.3 is 5.97 Å². The molecule has 14 heteroatoms. The molecule has 0 aliphatic carbocycles. The number of carbonyl (C=O) groups is 1. The molecule has 0 saturated carbocycles. The van der Waals surface area contributed by atoms with Gasteiger partial charge in [-0.3, -0.25) is 4.79 Å². The van der Waals surface area contributed by atoms with Crippen LogP contribution in [0.3, 0.4) is 0 Å². The summed E-state index contributed by atoms with van der Waals surface area (Å²) in [5.41, 5.74) is 0.909. The zero-order chi connectivity index (χ0) is 50.6. The first-order valence-corrected chi connectivity index (χ1v) is 26.0. The van der Waals surface area contributed by atoms with Crippen LogP contribution < -0.4 is 19.8 Å². The second-order valence-electron chi connectivity index (χ2n) is 19.0. The Balaban J connectivity index is 1.36. The van der Waals surface area contributed by atoms with Gasteiger partial charge in [-0.1, -0.05) is 142 Å². The van der Waals surface area contributed by atoms with Crippen molar-refractivity contribution in [2.75, 3.05) is 35.0 Å². The number of ether oxygens (including phenoxy) is 10. The molecule has 380 valence electrons. The van der Waals surface area contributed by atoms with E-state index < -0.39 is 81.4 Å². The first-order valence-electron chi connectivity index (χ1n) is 24.1. The summed E-state index contributed by atoms with van der Waals surface area (Å²) in [7, 11) is 2.83. The lowest BCUT2D eigenvalue weighted by molar-refractivity contribution is -0.366. The fourth-order valence-corrected chi connectivity index (χ4v) is 14.3. The third-order valence-corrected chi connectivity index (χ3v) is 18.5. The molecule has 2 saturated heterocycles. The monoisotopic (exact) mass is 990 g/mol. The molecule has 0 radical (unpaired) electrons. The fraction of sp³-hybridized carbons (Fsp3) is 0.421. The van der Waals surface area contributed by atoms with Crippen LogP contribution in [0.5, 0.6) is 11.5 Å². The van der Waals surface area contributed by atoms with Crippen molar-refractivity contribution in [2.45, 2.75) is 120 Å². The quantitative estimate of drug-likeness (QED) is 0.0412. The van der Waals surface area contributed by atoms with Crippen LogP contribution in [0.15, 0.2) is 152 Å². The third-order valence-electron chi connectivity index (χ3n) is 13.5. The van der Waals surface area contributed by atoms with E-state index >= 15 is 0 Å². The number of methoxy groups -OCH3 is 4. The lowest BCUT2D eigenvalue weighted by Crippen LogP contribution is -2.70. The topological polar surface area (TPSA) is 139 Å². The van der Waals surface area contributed by atoms with Crippen molar-refractivity contribution in [3.05, 3.63) is 169 Å². The van der Waals surface area contributed by atoms with Crippen molar-refractivity contribution in [2.24, 2.45) is 0 Å². The first kappa shape index (κ1) is 53.6. The summed E-state index contributed by atoms with van der Waals surface area (Å²) < 4.78 is 71.8. The van der Waals surface area contributed by atoms with E-state index in [1.165, 1.54) is 20.3 Å². The Kier molecular flexibility index (Phi) is 18.5. The summed E-state index contributed by atoms with van der Waals surface area (Å²) in [5, 5.41) is 14.0. The molecule has 2 aliphatic heterocycles. The number of hydrogen-bond donors (Lipinski definition) is 1. The van der Waals surface area contributed by atoms with Crippen LogP contribution in [0.4, 0.5) is 0 Å². The van der Waals surface area contributed by atoms with Gasteiger partial charge in [0, 0.05) is 7.11 Å². The number of aliphatic hydroxyl groups excluding tert-OH is 1. The second-order valence-corrected chi connectivity index (χ2v) is 23.3. The van der Waals surface area contributed by atoms with Crippen molar-refractivity contribution in [3.63, 3.8) is 0 Å². The normalized spacial score (nSPS) is 25.8. The molecular formula is C57H70O13Si. The molecule has 2 aliphatic rings. The molecule has 2 fully saturated rings. The largest absolute Gasteiger partial charge is 0.497 e. The molecule has 0 spiro atoms. The van der Waals surface area contributed by atoms with Crippen LogP contribution in [-0.2, 0) is 66.9 Å². The van der Waals surface area contributed by atoms with Crippen molar-refractivity contribution >= 4 is 24.7 Å². The van der Waals surface area contributed by atoms with Crippen LogP contribution in [0, 0.1) is 0 Å². The fourth-order valence-electron chi connectivity index (χ4n) is 9.73. The van der Waals surface area contributed by atoms with Gasteiger partial charge in [-0.15, -0.1) is 6.58 Å². The zero-order valence-electron chi connectivity index (χ0n) is 42.1. The molecule has 2 heterocycles. The lowest BCUT2D eigenvalue weighted by Gasteiger charge is -2.52. The summed E-state index contributed by atoms with van der Waals surface area (Å²) in [4.78, 5) is 13.2. The molecule has 4 unspecified atom stereocenters. The smallest absolute Gasteiger partial charge is 0.308 e. The number of hydrogen-bond acceptors (Lipinski definition) is 13. The molecule has 5 aromatic carbocycles. The van der Waals surface area contributed by atoms with Crippen LogP contribution >= 0.6 is 0 Å². The van der Waals surface area contributed by atoms with E-state index in [1.807, 2.05) is 122 Å². The number of rotatable bonds is 22. The van der Waals surface area contributed by atoms with Crippen LogP contribution in [-0.4, -0.2) is 115 Å². The van der Waals surface area contributed by atoms with Gasteiger partial charge in [0.25, 0.3) is 8.32 Å². The Bertz CT molecular complexity index is 2360. The van der Waals surface area contributed by atoms with Crippen LogP contribution in [0.2, 0.25) is 5.04 Å². The van der Waals surface area contributed by atoms with E-state index in [1.54, 1.807) is 14.2 Å². The number of benzene rings is 5. The standard InChI is InChI=1S/C57H70O13Si/c1-10-57(34-48(58)62-8)54(59)52(63-9)53(66-35-40-20-14-11-15-21-40)55(70-57)69-50-47(38-67-71(56(3,4)5,45-22-16-12-17-23-45)46-24-18-13-19-25-46)68-39(2)49(64-36-41-26-30-43(60-6)31-27-41)51(50)65-37-42-28-32-44(61-7)33-29-42/h10-33,39,47,49-55,59H,1,34-38H2,2-9H3/t39-,47?,49?,50-,51+,52+,53?,54+,55+,57?/m0/s1. The van der Waals surface area contributed by atoms with Crippen molar-refractivity contribution in [1.29, 1.82) is 0 Å². The van der Waals surface area contributed by atoms with E-state index in [0.717, 1.165) is 32.8 Å². The van der Waals surface area contributed by atoms with Gasteiger partial charge in [0.15, 0.2) is 6.29 Å². The Hall–Kier alpha value is -5.23. The number of aliphatic hydroxyl groups is 1. The van der Waals surface area contributed by atoms with E-state index in [9.17, 15) is 9.90 Å². The lowest BCUT2D eigenvalue weighted by atomic mass is 9.83. The maximum Gasteiger partial charge on any atom is 0.308 e. The number of esters is 1. The van der Waals surface area contributed by atoms with Crippen LogP contribution in [0.1, 0.15) is 50.8 Å². The average molecular weight is 991 g/mol. The van der Waals surface area contributed by atoms with Crippen molar-refractivity contribution in [1.82, 2.24) is 0 Å². The molecular weight excluding hydrogens is 921 g/mol. The molecule has 13 nitrogen and oxygen atoms in total. The highest BCUT2D eigenvalue weighted by Gasteiger charge is 2.58. The van der Waals surface area contributed by atoms with Gasteiger partial charge < -0.3 is 56.9 Å². The van der Waals surface area contributed by atoms with E-state index in [0.29, 0.717) is 5.75 Å². The molecule has 0 amide bonds. The van der Waals surface area contributed by atoms with E-state index in [-0.39, 0.29) is 31.5 Å². The molecule has 0 bridgehead atoms. The molecule has 1 N–H and O–H groups in total. The molecule has 0 aromatic heterocycles. The average Bonchev–Trinajstić information content (AvgIpc) is 3.39. The highest BCUT2D eigenvalue weighted by molar-refractivity contribution is 6.99. The van der Waals surface area contributed by atoms with Crippen LogP contribution in [0.25, 0.3) is 0 Å². The zero-order valence-corrected chi connectivity index (χ0v) is 43.1. The molecule has 10 atom stereocenters. The minimum Gasteiger partial charge on any atom is -0.497 e. The molecule has 7 rings (SSSR count). The van der Waals surface area contributed by atoms with Gasteiger partial charge in [0.2, 0.25) is 0 Å². The highest BCUT2D eigenvalue weighted by atomic mass is 28.4. The van der Waals surface area contributed by atoms with Gasteiger partial charge in [0.1, 0.15) is 59.8 Å². The summed E-state index contributed by atoms with van der Waals surface area (Å²) in [6.45, 7) is 13.2. The molecule has 5 aromatic rings. The van der Waals surface area contributed by atoms with Gasteiger partial charge in [-0.2, -0.15) is 0 Å². The summed E-state index contributed by atoms with van der Waals surface area (Å²) in [5.74, 6) is 0.791. The third kappa shape index (κ3) is 12.3. The highest BCUT2D eigenvalue weighted by Crippen LogP contribution is 2.42. The minimum absolute atomic E-state index is 0.0588. The van der Waals surface area contributed by atoms with Gasteiger partial charge in [-0.05, 0) is 63.3 Å². The summed E-state index contributed by atoms with van der Waals surface area (Å²) in [6, 6.07) is 45.7. The number of carbonyl (C=O) groups excluding carboxylic acids is 1. The summed E-state index contributed by atoms with van der Waals surface area (Å²) >= 11 is 0. The van der Waals surface area contributed by atoms with Crippen molar-refractivity contribution in [3.8, 4) is 11.5 Å². The van der Waals surface area contributed by atoms with E-state index in [4.69, 9.17) is 51.8 Å². The van der Waals surface area contributed by atoms with Crippen molar-refractivity contribution < 1.29 is 61.7 Å². The predicted molar refractivity (Wildman–Crippen MR) is 272 cm³/mol. The maximum atomic E-state index is 13.2. The van der Waals surface area contributed by atoms with E-state index in [2.05, 4.69) is 51.6 Å². The first-order chi connectivity index (χ1) is 34.3. The van der Waals surface area contributed by atoms with Gasteiger partial charge in [0.05, 0.1) is 60.3 Å². The Labute approximate surface area is 420 Å². The Morgan fingerprint density at radius 1 is 0.662 bits per heavy atom. The SMILES string of the molecule is C=CC1(CC(=O)OC)O[C@@H](O[C@H]2C(CO[Si](c3ccccc3)(c3ccccc3)C(C)(C)C)O[C@@H](C)C(OCc3ccc(OC)cc3)[C@H]2OCc2ccc(OC)cc2)C(OCc2ccccc2)[C@@H](OC)[C@H]1O. The maximum absolute atomic E-state index is 13.2. The Morgan fingerprint density at radius 2 is 1.14 bits per heavy atom.